The molecule has 0 saturated carbocycles. The molecule has 0 saturated heterocycles. The van der Waals surface area contributed by atoms with E-state index in [-0.39, 0.29) is 25.7 Å². The molecule has 0 heterocycles. The van der Waals surface area contributed by atoms with E-state index >= 15 is 0 Å². The summed E-state index contributed by atoms with van der Waals surface area (Å²) in [6, 6.07) is 0. The molecule has 4 unspecified atom stereocenters. The Morgan fingerprint density at radius 3 is 0.634 bits per heavy atom. The molecule has 0 aromatic carbocycles. The molecule has 0 radical (unpaired) electrons. The Balaban J connectivity index is 5.21. The third-order valence-corrected chi connectivity index (χ3v) is 24.1. The van der Waals surface area contributed by atoms with Crippen molar-refractivity contribution in [3.05, 3.63) is 0 Å². The Morgan fingerprint density at radius 2 is 0.429 bits per heavy atom. The van der Waals surface area contributed by atoms with E-state index in [1.54, 1.807) is 0 Å². The lowest BCUT2D eigenvalue weighted by molar-refractivity contribution is -0.161. The molecule has 0 bridgehead atoms. The number of carbonyl (C=O) groups is 4. The number of esters is 4. The van der Waals surface area contributed by atoms with E-state index in [1.165, 1.54) is 289 Å². The number of aliphatic hydroxyl groups is 1. The Morgan fingerprint density at radius 1 is 0.250 bits per heavy atom. The lowest BCUT2D eigenvalue weighted by Crippen LogP contribution is -2.30. The zero-order valence-electron chi connectivity index (χ0n) is 74.3. The van der Waals surface area contributed by atoms with E-state index in [0.29, 0.717) is 31.6 Å². The van der Waals surface area contributed by atoms with Gasteiger partial charge in [0.25, 0.3) is 0 Å². The minimum Gasteiger partial charge on any atom is -0.462 e. The minimum absolute atomic E-state index is 0.107. The van der Waals surface area contributed by atoms with E-state index in [2.05, 4.69) is 55.4 Å². The molecule has 0 fully saturated rings. The van der Waals surface area contributed by atoms with Crippen LogP contribution in [0.15, 0.2) is 0 Å². The molecule has 3 N–H and O–H groups in total. The number of carbonyl (C=O) groups excluding carboxylic acids is 4. The Labute approximate surface area is 689 Å². The molecule has 17 nitrogen and oxygen atoms in total. The number of phosphoric ester groups is 2. The van der Waals surface area contributed by atoms with Crippen LogP contribution in [0, 0.1) is 23.7 Å². The molecular weight excluding hydrogens is 1450 g/mol. The van der Waals surface area contributed by atoms with Gasteiger partial charge in [-0.25, -0.2) is 9.13 Å². The van der Waals surface area contributed by atoms with Gasteiger partial charge in [0.2, 0.25) is 0 Å². The molecule has 0 spiro atoms. The third-order valence-electron chi connectivity index (χ3n) is 22.2. The van der Waals surface area contributed by atoms with Crippen LogP contribution < -0.4 is 0 Å². The fourth-order valence-electron chi connectivity index (χ4n) is 14.5. The maximum absolute atomic E-state index is 13.2. The maximum Gasteiger partial charge on any atom is 0.472 e. The van der Waals surface area contributed by atoms with Crippen molar-refractivity contribution >= 4 is 39.5 Å². The normalized spacial score (nSPS) is 14.1. The Hall–Kier alpha value is -1.94. The highest BCUT2D eigenvalue weighted by Crippen LogP contribution is 2.45. The van der Waals surface area contributed by atoms with E-state index in [1.807, 2.05) is 0 Å². The topological polar surface area (TPSA) is 237 Å². The quantitative estimate of drug-likeness (QED) is 0.0222. The smallest absolute Gasteiger partial charge is 0.462 e. The van der Waals surface area contributed by atoms with Crippen molar-refractivity contribution in [1.82, 2.24) is 0 Å². The van der Waals surface area contributed by atoms with Crippen molar-refractivity contribution in [3.63, 3.8) is 0 Å². The van der Waals surface area contributed by atoms with Gasteiger partial charge in [0.15, 0.2) is 12.2 Å². The van der Waals surface area contributed by atoms with Crippen LogP contribution in [0.1, 0.15) is 492 Å². The fourth-order valence-corrected chi connectivity index (χ4v) is 16.1. The highest BCUT2D eigenvalue weighted by molar-refractivity contribution is 7.47. The first-order valence-corrected chi connectivity index (χ1v) is 50.7. The van der Waals surface area contributed by atoms with Crippen LogP contribution in [0.4, 0.5) is 0 Å². The summed E-state index contributed by atoms with van der Waals surface area (Å²) in [4.78, 5) is 73.4. The van der Waals surface area contributed by atoms with Gasteiger partial charge in [0.05, 0.1) is 26.4 Å². The summed E-state index contributed by atoms with van der Waals surface area (Å²) in [6.07, 6.45) is 73.8. The van der Waals surface area contributed by atoms with Crippen molar-refractivity contribution in [1.29, 1.82) is 0 Å². The number of phosphoric acid groups is 2. The second kappa shape index (κ2) is 81.4. The predicted octanol–water partition coefficient (Wildman–Crippen LogP) is 28.7. The summed E-state index contributed by atoms with van der Waals surface area (Å²) >= 11 is 0. The standard InChI is InChI=1S/C93H182O17P2/c1-9-86(8)72-64-56-48-40-34-28-22-15-11-13-16-23-29-35-41-49-57-65-73-90(95)103-79-88(109-92(97)75-67-59-50-42-36-30-24-17-12-10-14-20-26-32-38-45-53-61-69-83(2)3)81-107-111(99,100)105-77-87(94)78-106-112(101,102)108-82-89(80-104-91(96)74-66-58-52-44-47-55-63-71-85(6)7)110-93(98)76-68-60-51-43-37-31-25-19-18-21-27-33-39-46-54-62-70-84(4)5/h83-89,94H,9-82H2,1-8H3,(H,99,100)(H,101,102)/t86?,87?,88-,89-/m1/s1. The van der Waals surface area contributed by atoms with Gasteiger partial charge in [-0.05, 0) is 49.4 Å². The van der Waals surface area contributed by atoms with E-state index < -0.39 is 97.5 Å². The van der Waals surface area contributed by atoms with E-state index in [9.17, 15) is 43.2 Å². The summed E-state index contributed by atoms with van der Waals surface area (Å²) in [6.45, 7) is 14.4. The van der Waals surface area contributed by atoms with E-state index in [4.69, 9.17) is 37.0 Å². The number of ether oxygens (including phenoxy) is 4. The SMILES string of the molecule is CCC(C)CCCCCCCCCCCCCCCCCCCCC(=O)OC[C@H](COP(=O)(O)OCC(O)COP(=O)(O)OC[C@@H](COC(=O)CCCCCCCCCC(C)C)OC(=O)CCCCCCCCCCCCCCCCCCC(C)C)OC(=O)CCCCCCCCCCCCCCCCCCCCC(C)C. The zero-order valence-corrected chi connectivity index (χ0v) is 76.1. The van der Waals surface area contributed by atoms with Gasteiger partial charge in [-0.15, -0.1) is 0 Å². The average Bonchev–Trinajstić information content (AvgIpc) is 0.901. The van der Waals surface area contributed by atoms with Gasteiger partial charge in [0, 0.05) is 25.7 Å². The van der Waals surface area contributed by atoms with Crippen molar-refractivity contribution in [2.45, 2.75) is 510 Å². The molecule has 112 heavy (non-hydrogen) atoms. The Bertz CT molecular complexity index is 2170. The first kappa shape index (κ1) is 110. The number of rotatable bonds is 90. The first-order valence-electron chi connectivity index (χ1n) is 47.7. The maximum atomic E-state index is 13.2. The van der Waals surface area contributed by atoms with Gasteiger partial charge in [-0.3, -0.25) is 37.3 Å². The predicted molar refractivity (Wildman–Crippen MR) is 464 cm³/mol. The summed E-state index contributed by atoms with van der Waals surface area (Å²) in [5.74, 6) is 1.11. The third kappa shape index (κ3) is 84.5. The molecule has 6 atom stereocenters. The lowest BCUT2D eigenvalue weighted by atomic mass is 9.99. The van der Waals surface area contributed by atoms with Crippen LogP contribution in [0.5, 0.6) is 0 Å². The van der Waals surface area contributed by atoms with Crippen LogP contribution in [0.2, 0.25) is 0 Å². The van der Waals surface area contributed by atoms with Gasteiger partial charge in [-0.1, -0.05) is 441 Å². The summed E-state index contributed by atoms with van der Waals surface area (Å²) in [7, 11) is -9.94. The van der Waals surface area contributed by atoms with Crippen molar-refractivity contribution in [2.75, 3.05) is 39.6 Å². The molecule has 0 rings (SSSR count). The molecule has 0 amide bonds. The monoisotopic (exact) mass is 1630 g/mol. The van der Waals surface area contributed by atoms with Gasteiger partial charge in [0.1, 0.15) is 19.3 Å². The minimum atomic E-state index is -4.97. The molecule has 19 heteroatoms. The Kier molecular flexibility index (Phi) is 80.0. The number of unbranched alkanes of at least 4 members (excludes halogenated alkanes) is 55. The zero-order chi connectivity index (χ0) is 82.3. The highest BCUT2D eigenvalue weighted by Gasteiger charge is 2.31. The van der Waals surface area contributed by atoms with Gasteiger partial charge >= 0.3 is 39.5 Å². The second-order valence-corrected chi connectivity index (χ2v) is 38.0. The molecule has 0 aromatic heterocycles. The summed E-state index contributed by atoms with van der Waals surface area (Å²) in [5.41, 5.74) is 0. The van der Waals surface area contributed by atoms with Crippen LogP contribution in [-0.4, -0.2) is 96.7 Å². The van der Waals surface area contributed by atoms with Crippen molar-refractivity contribution < 1.29 is 80.2 Å². The van der Waals surface area contributed by atoms with Crippen LogP contribution in [0.3, 0.4) is 0 Å². The lowest BCUT2D eigenvalue weighted by Gasteiger charge is -2.21. The molecule has 0 aromatic rings. The van der Waals surface area contributed by atoms with Crippen LogP contribution >= 0.6 is 15.6 Å². The fraction of sp³-hybridized carbons (Fsp3) is 0.957. The second-order valence-electron chi connectivity index (χ2n) is 35.1. The van der Waals surface area contributed by atoms with Gasteiger partial charge in [-0.2, -0.15) is 0 Å². The van der Waals surface area contributed by atoms with Crippen molar-refractivity contribution in [3.8, 4) is 0 Å². The molecule has 666 valence electrons. The van der Waals surface area contributed by atoms with Crippen LogP contribution in [0.25, 0.3) is 0 Å². The number of aliphatic hydroxyl groups excluding tert-OH is 1. The highest BCUT2D eigenvalue weighted by atomic mass is 31.2. The number of hydrogen-bond donors (Lipinski definition) is 3. The van der Waals surface area contributed by atoms with Crippen LogP contribution in [-0.2, 0) is 65.4 Å². The van der Waals surface area contributed by atoms with E-state index in [0.717, 1.165) is 114 Å². The molecular formula is C93H182O17P2. The van der Waals surface area contributed by atoms with Gasteiger partial charge < -0.3 is 33.8 Å². The molecule has 0 aliphatic heterocycles. The molecule has 0 aliphatic rings. The summed E-state index contributed by atoms with van der Waals surface area (Å²) < 4.78 is 69.1. The first-order chi connectivity index (χ1) is 54.1. The van der Waals surface area contributed by atoms with Crippen molar-refractivity contribution in [2.24, 2.45) is 23.7 Å². The molecule has 0 aliphatic carbocycles. The summed E-state index contributed by atoms with van der Waals surface area (Å²) in [5, 5.41) is 10.7. The number of hydrogen-bond acceptors (Lipinski definition) is 15. The largest absolute Gasteiger partial charge is 0.472 e. The average molecular weight is 1630 g/mol.